The minimum Gasteiger partial charge on any atom is -0.481 e. The van der Waals surface area contributed by atoms with Gasteiger partial charge in [-0.25, -0.2) is 8.78 Å². The van der Waals surface area contributed by atoms with Crippen molar-refractivity contribution in [3.63, 3.8) is 0 Å². The second kappa shape index (κ2) is 16.8. The molecule has 1 aromatic heterocycles. The lowest BCUT2D eigenvalue weighted by Crippen LogP contribution is -2.67. The normalized spacial score (nSPS) is 19.9. The molecule has 0 unspecified atom stereocenters. The van der Waals surface area contributed by atoms with Crippen molar-refractivity contribution in [3.05, 3.63) is 83.2 Å². The average molecular weight is 695 g/mol. The lowest BCUT2D eigenvalue weighted by Gasteiger charge is -2.53. The van der Waals surface area contributed by atoms with Crippen LogP contribution < -0.4 is 9.47 Å². The van der Waals surface area contributed by atoms with E-state index in [-0.39, 0.29) is 67.1 Å². The van der Waals surface area contributed by atoms with Crippen molar-refractivity contribution in [1.29, 1.82) is 0 Å². The maximum atomic E-state index is 13.3. The van der Waals surface area contributed by atoms with E-state index in [0.29, 0.717) is 50.0 Å². The zero-order valence-corrected chi connectivity index (χ0v) is 28.3. The molecule has 9 nitrogen and oxygen atoms in total. The molecule has 0 spiro atoms. The fourth-order valence-corrected chi connectivity index (χ4v) is 6.81. The second-order valence-corrected chi connectivity index (χ2v) is 12.1. The fraction of sp³-hybridized carbons (Fsp3) is 0.500. The quantitative estimate of drug-likeness (QED) is 0.262. The van der Waals surface area contributed by atoms with Crippen molar-refractivity contribution in [1.82, 2.24) is 24.7 Å². The van der Waals surface area contributed by atoms with Gasteiger partial charge in [-0.1, -0.05) is 60.7 Å². The second-order valence-electron chi connectivity index (χ2n) is 12.1. The number of amides is 1. The van der Waals surface area contributed by atoms with Crippen LogP contribution in [0, 0.1) is 0 Å². The van der Waals surface area contributed by atoms with Gasteiger partial charge in [0.25, 0.3) is 6.43 Å². The lowest BCUT2D eigenvalue weighted by atomic mass is 9.81. The molecule has 0 bridgehead atoms. The first-order chi connectivity index (χ1) is 21.9. The third kappa shape index (κ3) is 8.69. The first-order valence-corrected chi connectivity index (χ1v) is 15.7. The summed E-state index contributed by atoms with van der Waals surface area (Å²) in [4.78, 5) is 29.0. The predicted molar refractivity (Wildman–Crippen MR) is 179 cm³/mol. The molecule has 1 aliphatic carbocycles. The minimum absolute atomic E-state index is 0. The fourth-order valence-electron chi connectivity index (χ4n) is 6.81. The number of methoxy groups -OCH3 is 2. The van der Waals surface area contributed by atoms with E-state index < -0.39 is 13.0 Å². The van der Waals surface area contributed by atoms with Crippen LogP contribution in [0.4, 0.5) is 8.78 Å². The number of rotatable bonds is 12. The summed E-state index contributed by atoms with van der Waals surface area (Å²) in [5.74, 6) is 1.33. The third-order valence-electron chi connectivity index (χ3n) is 9.00. The Bertz CT molecular complexity index is 1400. The van der Waals surface area contributed by atoms with Crippen molar-refractivity contribution in [2.24, 2.45) is 0 Å². The minimum atomic E-state index is -2.63. The van der Waals surface area contributed by atoms with E-state index in [1.807, 2.05) is 17.0 Å². The number of carbonyl (C=O) groups is 1. The van der Waals surface area contributed by atoms with Crippen LogP contribution in [-0.4, -0.2) is 109 Å². The third-order valence-corrected chi connectivity index (χ3v) is 9.00. The highest BCUT2D eigenvalue weighted by Gasteiger charge is 2.43. The molecule has 1 saturated carbocycles. The Kier molecular flexibility index (Phi) is 13.2. The molecule has 0 radical (unpaired) electrons. The maximum Gasteiger partial charge on any atom is 0.272 e. The van der Waals surface area contributed by atoms with Crippen LogP contribution in [0.1, 0.15) is 47.2 Å². The average Bonchev–Trinajstić information content (AvgIpc) is 3.91. The van der Waals surface area contributed by atoms with E-state index in [4.69, 9.17) is 14.2 Å². The summed E-state index contributed by atoms with van der Waals surface area (Å²) in [6.45, 7) is 2.93. The molecule has 1 amide bonds. The number of hydrogen-bond donors (Lipinski definition) is 0. The maximum absolute atomic E-state index is 13.3. The predicted octanol–water partition coefficient (Wildman–Crippen LogP) is 5.03. The van der Waals surface area contributed by atoms with Gasteiger partial charge in [-0.2, -0.15) is 9.97 Å². The molecular weight excluding hydrogens is 651 g/mol. The van der Waals surface area contributed by atoms with Crippen LogP contribution >= 0.6 is 24.8 Å². The van der Waals surface area contributed by atoms with Crippen LogP contribution in [0.2, 0.25) is 0 Å². The number of halogens is 4. The molecule has 2 aromatic carbocycles. The molecule has 2 aliphatic heterocycles. The van der Waals surface area contributed by atoms with Gasteiger partial charge in [-0.15, -0.1) is 24.8 Å². The SMILES string of the molecule is COCC(=O)N1CCN2[C@H](CN(Cc3c(OC)nc(C4CC4)nc3OCC(F)F)C[C@H]2C(c2ccccc2)c2ccccc2)C1.Cl.Cl. The zero-order valence-electron chi connectivity index (χ0n) is 26.7. The van der Waals surface area contributed by atoms with Crippen molar-refractivity contribution in [3.8, 4) is 11.8 Å². The first-order valence-electron chi connectivity index (χ1n) is 15.7. The number of nitrogens with zero attached hydrogens (tertiary/aromatic N) is 5. The molecule has 3 heterocycles. The van der Waals surface area contributed by atoms with E-state index in [1.165, 1.54) is 18.2 Å². The number of piperazine rings is 2. The molecule has 2 saturated heterocycles. The molecule has 0 N–H and O–H groups in total. The highest BCUT2D eigenvalue weighted by atomic mass is 35.5. The largest absolute Gasteiger partial charge is 0.481 e. The summed E-state index contributed by atoms with van der Waals surface area (Å²) in [5.41, 5.74) is 2.99. The van der Waals surface area contributed by atoms with E-state index in [2.05, 4.69) is 68.3 Å². The van der Waals surface area contributed by atoms with Gasteiger partial charge in [0, 0.05) is 70.3 Å². The van der Waals surface area contributed by atoms with Crippen LogP contribution in [0.3, 0.4) is 0 Å². The van der Waals surface area contributed by atoms with Crippen molar-refractivity contribution in [2.75, 3.05) is 60.2 Å². The standard InChI is InChI=1S/C34H41F2N5O4.2ClH/c1-43-22-30(42)40-15-16-41-26(18-40)17-39(20-28(41)31(23-9-5-3-6-10-23)24-11-7-4-8-12-24)19-27-33(44-2)37-32(25-13-14-25)38-34(27)45-21-29(35)36;;/h3-12,25-26,28-29,31H,13-22H2,1-2H3;2*1H/t26-,28+;;/m1../s1. The molecule has 3 aromatic rings. The van der Waals surface area contributed by atoms with E-state index in [9.17, 15) is 13.6 Å². The van der Waals surface area contributed by atoms with Gasteiger partial charge in [0.15, 0.2) is 6.61 Å². The van der Waals surface area contributed by atoms with Gasteiger partial charge in [0.2, 0.25) is 17.7 Å². The number of aromatic nitrogens is 2. The molecule has 13 heteroatoms. The highest BCUT2D eigenvalue weighted by Crippen LogP contribution is 2.41. The van der Waals surface area contributed by atoms with Gasteiger partial charge in [0.05, 0.1) is 12.7 Å². The Balaban J connectivity index is 0.00000250. The van der Waals surface area contributed by atoms with Crippen molar-refractivity contribution >= 4 is 30.7 Å². The number of alkyl halides is 2. The Morgan fingerprint density at radius 3 is 2.11 bits per heavy atom. The monoisotopic (exact) mass is 693 g/mol. The number of benzene rings is 2. The highest BCUT2D eigenvalue weighted by molar-refractivity contribution is 5.85. The van der Waals surface area contributed by atoms with Crippen LogP contribution in [-0.2, 0) is 16.1 Å². The topological polar surface area (TPSA) is 80.3 Å². The molecule has 3 aliphatic rings. The van der Waals surface area contributed by atoms with Crippen LogP contribution in [0.5, 0.6) is 11.8 Å². The van der Waals surface area contributed by atoms with Crippen molar-refractivity contribution in [2.45, 2.75) is 49.7 Å². The summed E-state index contributed by atoms with van der Waals surface area (Å²) in [7, 11) is 3.08. The van der Waals surface area contributed by atoms with Crippen molar-refractivity contribution < 1.29 is 27.8 Å². The number of fused-ring (bicyclic) bond motifs is 1. The molecular formula is C34H43Cl2F2N5O4. The zero-order chi connectivity index (χ0) is 31.3. The first kappa shape index (κ1) is 36.7. The Labute approximate surface area is 287 Å². The molecule has 47 heavy (non-hydrogen) atoms. The van der Waals surface area contributed by atoms with E-state index in [0.717, 1.165) is 19.4 Å². The van der Waals surface area contributed by atoms with Gasteiger partial charge in [-0.3, -0.25) is 14.6 Å². The number of hydrogen-bond acceptors (Lipinski definition) is 8. The molecule has 3 fully saturated rings. The van der Waals surface area contributed by atoms with Gasteiger partial charge >= 0.3 is 0 Å². The number of carbonyl (C=O) groups excluding carboxylic acids is 1. The Morgan fingerprint density at radius 2 is 1.53 bits per heavy atom. The van der Waals surface area contributed by atoms with Crippen LogP contribution in [0.15, 0.2) is 60.7 Å². The lowest BCUT2D eigenvalue weighted by molar-refractivity contribution is -0.140. The van der Waals surface area contributed by atoms with Gasteiger partial charge < -0.3 is 19.1 Å². The summed E-state index contributed by atoms with van der Waals surface area (Å²) in [5, 5.41) is 0. The molecule has 2 atom stereocenters. The molecule has 6 rings (SSSR count). The molecule has 256 valence electrons. The number of ether oxygens (including phenoxy) is 3. The Morgan fingerprint density at radius 1 is 0.894 bits per heavy atom. The summed E-state index contributed by atoms with van der Waals surface area (Å²) < 4.78 is 43.1. The van der Waals surface area contributed by atoms with E-state index >= 15 is 0 Å². The smallest absolute Gasteiger partial charge is 0.272 e. The summed E-state index contributed by atoms with van der Waals surface area (Å²) in [6.07, 6.45) is -0.715. The summed E-state index contributed by atoms with van der Waals surface area (Å²) >= 11 is 0. The van der Waals surface area contributed by atoms with Gasteiger partial charge in [0.1, 0.15) is 12.4 Å². The van der Waals surface area contributed by atoms with Gasteiger partial charge in [-0.05, 0) is 24.0 Å². The van der Waals surface area contributed by atoms with Crippen LogP contribution in [0.25, 0.3) is 0 Å². The Hall–Kier alpha value is -3.09. The summed E-state index contributed by atoms with van der Waals surface area (Å²) in [6, 6.07) is 21.1. The van der Waals surface area contributed by atoms with E-state index in [1.54, 1.807) is 7.11 Å².